The summed E-state index contributed by atoms with van der Waals surface area (Å²) in [6.07, 6.45) is 2.47. The molecule has 5 rings (SSSR count). The molecular formula is C28H23BrN2O4. The second-order valence-corrected chi connectivity index (χ2v) is 9.27. The molecule has 3 aromatic carbocycles. The Morgan fingerprint density at radius 2 is 1.74 bits per heavy atom. The van der Waals surface area contributed by atoms with Crippen LogP contribution in [-0.2, 0) is 16.0 Å². The molecule has 2 heterocycles. The van der Waals surface area contributed by atoms with Crippen LogP contribution >= 0.6 is 15.9 Å². The van der Waals surface area contributed by atoms with E-state index in [-0.39, 0.29) is 11.3 Å². The summed E-state index contributed by atoms with van der Waals surface area (Å²) in [5.74, 6) is -1.01. The summed E-state index contributed by atoms with van der Waals surface area (Å²) >= 11 is 3.39. The van der Waals surface area contributed by atoms with E-state index < -0.39 is 17.7 Å². The van der Waals surface area contributed by atoms with Crippen LogP contribution in [0.15, 0.2) is 89.0 Å². The molecule has 1 aliphatic heterocycles. The van der Waals surface area contributed by atoms with Crippen LogP contribution in [0.5, 0.6) is 5.75 Å². The van der Waals surface area contributed by atoms with E-state index >= 15 is 0 Å². The molecule has 1 atom stereocenters. The third-order valence-corrected chi connectivity index (χ3v) is 6.92. The number of ketones is 1. The molecule has 1 fully saturated rings. The van der Waals surface area contributed by atoms with Gasteiger partial charge in [0.1, 0.15) is 11.5 Å². The van der Waals surface area contributed by atoms with Gasteiger partial charge in [-0.15, -0.1) is 0 Å². The van der Waals surface area contributed by atoms with Gasteiger partial charge < -0.3 is 19.7 Å². The minimum Gasteiger partial charge on any atom is -0.507 e. The summed E-state index contributed by atoms with van der Waals surface area (Å²) in [6, 6.07) is 21.4. The maximum atomic E-state index is 13.3. The number of methoxy groups -OCH3 is 1. The number of aliphatic hydroxyl groups is 1. The summed E-state index contributed by atoms with van der Waals surface area (Å²) < 4.78 is 6.41. The summed E-state index contributed by atoms with van der Waals surface area (Å²) in [6.45, 7) is 0.298. The Bertz CT molecular complexity index is 1460. The zero-order valence-electron chi connectivity index (χ0n) is 19.0. The van der Waals surface area contributed by atoms with Gasteiger partial charge in [0.25, 0.3) is 11.7 Å². The molecule has 0 spiro atoms. The average Bonchev–Trinajstić information content (AvgIpc) is 3.41. The number of nitrogens with one attached hydrogen (secondary N) is 1. The zero-order valence-corrected chi connectivity index (χ0v) is 20.6. The second-order valence-electron chi connectivity index (χ2n) is 8.35. The van der Waals surface area contributed by atoms with Crippen LogP contribution in [-0.4, -0.2) is 40.3 Å². The summed E-state index contributed by atoms with van der Waals surface area (Å²) in [4.78, 5) is 31.4. The Hall–Kier alpha value is -3.84. The van der Waals surface area contributed by atoms with Crippen molar-refractivity contribution < 1.29 is 19.4 Å². The normalized spacial score (nSPS) is 17.3. The van der Waals surface area contributed by atoms with E-state index in [0.29, 0.717) is 29.8 Å². The molecule has 1 saturated heterocycles. The molecule has 0 saturated carbocycles. The van der Waals surface area contributed by atoms with Crippen molar-refractivity contribution in [2.45, 2.75) is 12.5 Å². The fraction of sp³-hybridized carbons (Fsp3) is 0.143. The lowest BCUT2D eigenvalue weighted by molar-refractivity contribution is -0.139. The standard InChI is InChI=1S/C28H23BrN2O4/c1-35-23-9-5-3-7-21(23)25-24(26(32)17-10-12-19(29)13-11-17)27(33)28(34)31(25)15-14-18-16-30-22-8-4-2-6-20(18)22/h2-13,16,25,30,32H,14-15H2,1H3/t25-/m0/s1. The number of fused-ring (bicyclic) bond motifs is 1. The molecule has 0 radical (unpaired) electrons. The van der Waals surface area contributed by atoms with E-state index in [4.69, 9.17) is 4.74 Å². The number of ether oxygens (including phenoxy) is 1. The van der Waals surface area contributed by atoms with Gasteiger partial charge in [0.15, 0.2) is 0 Å². The Labute approximate surface area is 211 Å². The van der Waals surface area contributed by atoms with E-state index in [1.165, 1.54) is 4.90 Å². The molecule has 6 nitrogen and oxygen atoms in total. The van der Waals surface area contributed by atoms with Crippen LogP contribution in [0, 0.1) is 0 Å². The molecule has 2 N–H and O–H groups in total. The van der Waals surface area contributed by atoms with Gasteiger partial charge in [-0.3, -0.25) is 9.59 Å². The number of aromatic nitrogens is 1. The van der Waals surface area contributed by atoms with Crippen molar-refractivity contribution in [1.29, 1.82) is 0 Å². The smallest absolute Gasteiger partial charge is 0.295 e. The van der Waals surface area contributed by atoms with Gasteiger partial charge in [0.05, 0.1) is 18.7 Å². The van der Waals surface area contributed by atoms with Gasteiger partial charge in [-0.2, -0.15) is 0 Å². The van der Waals surface area contributed by atoms with Gasteiger partial charge in [0, 0.05) is 39.2 Å². The van der Waals surface area contributed by atoms with Crippen molar-refractivity contribution in [1.82, 2.24) is 9.88 Å². The molecule has 0 unspecified atom stereocenters. The van der Waals surface area contributed by atoms with E-state index in [2.05, 4.69) is 20.9 Å². The first-order valence-corrected chi connectivity index (χ1v) is 12.0. The number of Topliss-reactive ketones (excluding diaryl/α,β-unsaturated/α-hetero) is 1. The largest absolute Gasteiger partial charge is 0.507 e. The minimum absolute atomic E-state index is 0.0562. The number of H-pyrrole nitrogens is 1. The van der Waals surface area contributed by atoms with Gasteiger partial charge in [-0.1, -0.05) is 64.5 Å². The summed E-state index contributed by atoms with van der Waals surface area (Å²) in [5.41, 5.74) is 3.23. The molecule has 4 aromatic rings. The van der Waals surface area contributed by atoms with Crippen LogP contribution < -0.4 is 4.74 Å². The fourth-order valence-corrected chi connectivity index (χ4v) is 4.93. The molecule has 1 aliphatic rings. The van der Waals surface area contributed by atoms with Crippen LogP contribution in [0.2, 0.25) is 0 Å². The van der Waals surface area contributed by atoms with E-state index in [1.807, 2.05) is 48.7 Å². The first-order valence-electron chi connectivity index (χ1n) is 11.2. The number of para-hydroxylation sites is 2. The lowest BCUT2D eigenvalue weighted by Gasteiger charge is -2.26. The number of aromatic amines is 1. The number of rotatable bonds is 6. The highest BCUT2D eigenvalue weighted by Crippen LogP contribution is 2.42. The molecule has 0 aliphatic carbocycles. The molecule has 1 amide bonds. The molecule has 35 heavy (non-hydrogen) atoms. The van der Waals surface area contributed by atoms with Crippen molar-refractivity contribution in [3.8, 4) is 5.75 Å². The predicted molar refractivity (Wildman–Crippen MR) is 138 cm³/mol. The van der Waals surface area contributed by atoms with Gasteiger partial charge >= 0.3 is 0 Å². The highest BCUT2D eigenvalue weighted by molar-refractivity contribution is 9.10. The quantitative estimate of drug-likeness (QED) is 0.193. The van der Waals surface area contributed by atoms with Crippen LogP contribution in [0.1, 0.15) is 22.7 Å². The highest BCUT2D eigenvalue weighted by Gasteiger charge is 2.46. The molecular weight excluding hydrogens is 508 g/mol. The maximum absolute atomic E-state index is 13.3. The fourth-order valence-electron chi connectivity index (χ4n) is 4.67. The number of hydrogen-bond donors (Lipinski definition) is 2. The maximum Gasteiger partial charge on any atom is 0.295 e. The predicted octanol–water partition coefficient (Wildman–Crippen LogP) is 5.60. The molecule has 1 aromatic heterocycles. The Morgan fingerprint density at radius 3 is 2.51 bits per heavy atom. The van der Waals surface area contributed by atoms with Crippen molar-refractivity contribution in [2.24, 2.45) is 0 Å². The van der Waals surface area contributed by atoms with Crippen molar-refractivity contribution in [3.05, 3.63) is 106 Å². The number of halogens is 1. The second kappa shape index (κ2) is 9.43. The van der Waals surface area contributed by atoms with Gasteiger partial charge in [0.2, 0.25) is 0 Å². The number of nitrogens with zero attached hydrogens (tertiary/aromatic N) is 1. The summed E-state index contributed by atoms with van der Waals surface area (Å²) in [5, 5.41) is 12.3. The first-order chi connectivity index (χ1) is 17.0. The third-order valence-electron chi connectivity index (χ3n) is 6.39. The Kier molecular flexibility index (Phi) is 6.17. The lowest BCUT2D eigenvalue weighted by atomic mass is 9.94. The molecule has 176 valence electrons. The van der Waals surface area contributed by atoms with Crippen molar-refractivity contribution in [3.63, 3.8) is 0 Å². The SMILES string of the molecule is COc1ccccc1[C@H]1C(=C(O)c2ccc(Br)cc2)C(=O)C(=O)N1CCc1c[nH]c2ccccc12. The minimum atomic E-state index is -0.778. The number of carbonyl (C=O) groups is 2. The first kappa shape index (κ1) is 22.9. The highest BCUT2D eigenvalue weighted by atomic mass is 79.9. The number of carbonyl (C=O) groups excluding carboxylic acids is 2. The number of aliphatic hydroxyl groups excluding tert-OH is 1. The number of benzene rings is 3. The molecule has 0 bridgehead atoms. The topological polar surface area (TPSA) is 82.6 Å². The van der Waals surface area contributed by atoms with Crippen molar-refractivity contribution in [2.75, 3.05) is 13.7 Å². The van der Waals surface area contributed by atoms with E-state index in [0.717, 1.165) is 20.9 Å². The summed E-state index contributed by atoms with van der Waals surface area (Å²) in [7, 11) is 1.55. The van der Waals surface area contributed by atoms with E-state index in [1.54, 1.807) is 37.4 Å². The van der Waals surface area contributed by atoms with Crippen LogP contribution in [0.25, 0.3) is 16.7 Å². The Balaban J connectivity index is 1.59. The number of amides is 1. The van der Waals surface area contributed by atoms with Crippen molar-refractivity contribution >= 4 is 44.3 Å². The monoisotopic (exact) mass is 530 g/mol. The van der Waals surface area contributed by atoms with Gasteiger partial charge in [-0.05, 0) is 36.2 Å². The lowest BCUT2D eigenvalue weighted by Crippen LogP contribution is -2.31. The Morgan fingerprint density at radius 1 is 1.03 bits per heavy atom. The average molecular weight is 531 g/mol. The van der Waals surface area contributed by atoms with Crippen LogP contribution in [0.3, 0.4) is 0 Å². The zero-order chi connectivity index (χ0) is 24.5. The number of likely N-dealkylation sites (tertiary alicyclic amines) is 1. The van der Waals surface area contributed by atoms with Gasteiger partial charge in [-0.25, -0.2) is 0 Å². The van der Waals surface area contributed by atoms with Crippen LogP contribution in [0.4, 0.5) is 0 Å². The number of hydrogen-bond acceptors (Lipinski definition) is 4. The van der Waals surface area contributed by atoms with E-state index in [9.17, 15) is 14.7 Å². The third kappa shape index (κ3) is 4.12. The molecule has 7 heteroatoms.